The highest BCUT2D eigenvalue weighted by molar-refractivity contribution is 5.85. The summed E-state index contributed by atoms with van der Waals surface area (Å²) in [5, 5.41) is 0. The van der Waals surface area contributed by atoms with Gasteiger partial charge in [-0.2, -0.15) is 0 Å². The number of H-pyrrole nitrogens is 1. The first-order valence-electron chi connectivity index (χ1n) is 6.31. The summed E-state index contributed by atoms with van der Waals surface area (Å²) in [7, 11) is 0. The molecule has 4 nitrogen and oxygen atoms in total. The number of nitrogens with two attached hydrogens (primary N) is 1. The van der Waals surface area contributed by atoms with Gasteiger partial charge in [-0.15, -0.1) is 12.4 Å². The molecular formula is C14H19ClN4. The van der Waals surface area contributed by atoms with Crippen molar-refractivity contribution < 1.29 is 0 Å². The summed E-state index contributed by atoms with van der Waals surface area (Å²) in [6, 6.07) is 6.21. The van der Waals surface area contributed by atoms with Gasteiger partial charge in [0, 0.05) is 31.0 Å². The molecule has 0 saturated carbocycles. The Morgan fingerprint density at radius 1 is 1.42 bits per heavy atom. The molecule has 1 aromatic carbocycles. The van der Waals surface area contributed by atoms with Crippen LogP contribution in [-0.2, 0) is 19.5 Å². The Bertz CT molecular complexity index is 564. The number of anilines is 1. The van der Waals surface area contributed by atoms with E-state index in [1.54, 1.807) is 6.33 Å². The number of aromatic nitrogens is 2. The van der Waals surface area contributed by atoms with Crippen molar-refractivity contribution in [2.24, 2.45) is 0 Å². The van der Waals surface area contributed by atoms with E-state index in [9.17, 15) is 0 Å². The minimum atomic E-state index is 0. The maximum atomic E-state index is 6.06. The quantitative estimate of drug-likeness (QED) is 0.829. The van der Waals surface area contributed by atoms with Gasteiger partial charge in [-0.1, -0.05) is 12.1 Å². The number of hydrogen-bond acceptors (Lipinski definition) is 3. The zero-order valence-corrected chi connectivity index (χ0v) is 11.8. The van der Waals surface area contributed by atoms with E-state index in [2.05, 4.69) is 27.9 Å². The molecular weight excluding hydrogens is 260 g/mol. The predicted molar refractivity (Wildman–Crippen MR) is 79.2 cm³/mol. The van der Waals surface area contributed by atoms with E-state index in [4.69, 9.17) is 5.73 Å². The number of aromatic amines is 1. The van der Waals surface area contributed by atoms with Gasteiger partial charge in [-0.05, 0) is 30.5 Å². The van der Waals surface area contributed by atoms with Crippen molar-refractivity contribution in [3.63, 3.8) is 0 Å². The maximum Gasteiger partial charge on any atom is 0.0925 e. The Balaban J connectivity index is 0.00000133. The minimum absolute atomic E-state index is 0. The largest absolute Gasteiger partial charge is 0.398 e. The zero-order valence-electron chi connectivity index (χ0n) is 11.0. The molecule has 1 aliphatic rings. The molecule has 0 atom stereocenters. The van der Waals surface area contributed by atoms with Gasteiger partial charge in [0.1, 0.15) is 0 Å². The van der Waals surface area contributed by atoms with Gasteiger partial charge in [0.2, 0.25) is 0 Å². The molecule has 0 saturated heterocycles. The average Bonchev–Trinajstić information content (AvgIpc) is 2.76. The number of rotatable bonds is 2. The fraction of sp³-hybridized carbons (Fsp3) is 0.357. The highest BCUT2D eigenvalue weighted by Gasteiger charge is 2.19. The van der Waals surface area contributed by atoms with Gasteiger partial charge in [0.25, 0.3) is 0 Å². The molecule has 1 aliphatic heterocycles. The lowest BCUT2D eigenvalue weighted by atomic mass is 9.98. The van der Waals surface area contributed by atoms with Crippen molar-refractivity contribution in [1.29, 1.82) is 0 Å². The number of imidazole rings is 1. The Morgan fingerprint density at radius 2 is 2.26 bits per heavy atom. The first kappa shape index (κ1) is 13.9. The molecule has 3 rings (SSSR count). The summed E-state index contributed by atoms with van der Waals surface area (Å²) in [5.41, 5.74) is 11.9. The molecule has 0 amide bonds. The van der Waals surface area contributed by atoms with Gasteiger partial charge in [0.15, 0.2) is 0 Å². The second-order valence-electron chi connectivity index (χ2n) is 4.92. The van der Waals surface area contributed by atoms with Gasteiger partial charge >= 0.3 is 0 Å². The number of halogens is 1. The molecule has 0 aliphatic carbocycles. The third-order valence-electron chi connectivity index (χ3n) is 3.70. The highest BCUT2D eigenvalue weighted by atomic mass is 35.5. The fourth-order valence-electron chi connectivity index (χ4n) is 2.56. The van der Waals surface area contributed by atoms with E-state index >= 15 is 0 Å². The summed E-state index contributed by atoms with van der Waals surface area (Å²) in [5.74, 6) is 0. The smallest absolute Gasteiger partial charge is 0.0925 e. The lowest BCUT2D eigenvalue weighted by molar-refractivity contribution is 0.243. The molecule has 5 heteroatoms. The molecule has 0 unspecified atom stereocenters. The Kier molecular flexibility index (Phi) is 4.12. The molecule has 3 N–H and O–H groups in total. The molecule has 0 spiro atoms. The summed E-state index contributed by atoms with van der Waals surface area (Å²) >= 11 is 0. The molecule has 0 radical (unpaired) electrons. The first-order valence-corrected chi connectivity index (χ1v) is 6.31. The van der Waals surface area contributed by atoms with Crippen molar-refractivity contribution in [3.05, 3.63) is 47.0 Å². The van der Waals surface area contributed by atoms with Gasteiger partial charge in [-0.3, -0.25) is 4.90 Å². The van der Waals surface area contributed by atoms with Crippen molar-refractivity contribution in [2.45, 2.75) is 26.4 Å². The van der Waals surface area contributed by atoms with Gasteiger partial charge < -0.3 is 10.7 Å². The van der Waals surface area contributed by atoms with Crippen LogP contribution in [0.25, 0.3) is 0 Å². The van der Waals surface area contributed by atoms with Crippen LogP contribution in [0.15, 0.2) is 24.5 Å². The normalized spacial score (nSPS) is 14.8. The summed E-state index contributed by atoms with van der Waals surface area (Å²) in [4.78, 5) is 9.89. The van der Waals surface area contributed by atoms with Crippen molar-refractivity contribution >= 4 is 18.1 Å². The van der Waals surface area contributed by atoms with Crippen LogP contribution in [0, 0.1) is 6.92 Å². The maximum absolute atomic E-state index is 6.06. The van der Waals surface area contributed by atoms with E-state index in [0.717, 1.165) is 43.1 Å². The van der Waals surface area contributed by atoms with Crippen molar-refractivity contribution in [1.82, 2.24) is 14.9 Å². The van der Waals surface area contributed by atoms with Crippen LogP contribution >= 0.6 is 12.4 Å². The molecule has 19 heavy (non-hydrogen) atoms. The number of nitrogens with one attached hydrogen (secondary N) is 1. The van der Waals surface area contributed by atoms with E-state index in [1.807, 2.05) is 12.1 Å². The predicted octanol–water partition coefficient (Wildman–Crippen LogP) is 2.28. The third-order valence-corrected chi connectivity index (χ3v) is 3.70. The third kappa shape index (κ3) is 2.74. The number of nitrogens with zero attached hydrogens (tertiary/aromatic N) is 2. The van der Waals surface area contributed by atoms with Gasteiger partial charge in [0.05, 0.1) is 12.0 Å². The molecule has 102 valence electrons. The van der Waals surface area contributed by atoms with Crippen LogP contribution in [0.3, 0.4) is 0 Å². The van der Waals surface area contributed by atoms with Crippen LogP contribution in [0.2, 0.25) is 0 Å². The van der Waals surface area contributed by atoms with Gasteiger partial charge in [-0.25, -0.2) is 4.98 Å². The van der Waals surface area contributed by atoms with E-state index < -0.39 is 0 Å². The van der Waals surface area contributed by atoms with Crippen LogP contribution < -0.4 is 5.73 Å². The van der Waals surface area contributed by atoms with Crippen molar-refractivity contribution in [3.8, 4) is 0 Å². The van der Waals surface area contributed by atoms with E-state index in [0.29, 0.717) is 0 Å². The SMILES string of the molecule is Cc1[nH]cnc1CN1CCc2cccc(N)c2C1.Cl. The molecule has 2 aromatic rings. The topological polar surface area (TPSA) is 57.9 Å². The zero-order chi connectivity index (χ0) is 12.5. The summed E-state index contributed by atoms with van der Waals surface area (Å²) in [6.07, 6.45) is 2.83. The minimum Gasteiger partial charge on any atom is -0.398 e. The van der Waals surface area contributed by atoms with Crippen molar-refractivity contribution in [2.75, 3.05) is 12.3 Å². The number of nitrogen functional groups attached to an aromatic ring is 1. The van der Waals surface area contributed by atoms with Crippen LogP contribution in [0.1, 0.15) is 22.5 Å². The number of aryl methyl sites for hydroxylation is 1. The fourth-order valence-corrected chi connectivity index (χ4v) is 2.56. The second kappa shape index (κ2) is 5.63. The first-order chi connectivity index (χ1) is 8.74. The Labute approximate surface area is 119 Å². The highest BCUT2D eigenvalue weighted by Crippen LogP contribution is 2.25. The van der Waals surface area contributed by atoms with E-state index in [1.165, 1.54) is 11.1 Å². The van der Waals surface area contributed by atoms with Crippen LogP contribution in [0.5, 0.6) is 0 Å². The molecule has 0 bridgehead atoms. The molecule has 1 aromatic heterocycles. The monoisotopic (exact) mass is 278 g/mol. The Hall–Kier alpha value is -1.52. The second-order valence-corrected chi connectivity index (χ2v) is 4.92. The molecule has 0 fully saturated rings. The molecule has 2 heterocycles. The van der Waals surface area contributed by atoms with Crippen LogP contribution in [-0.4, -0.2) is 21.4 Å². The summed E-state index contributed by atoms with van der Waals surface area (Å²) < 4.78 is 0. The lowest BCUT2D eigenvalue weighted by Crippen LogP contribution is -2.31. The number of benzene rings is 1. The van der Waals surface area contributed by atoms with Crippen LogP contribution in [0.4, 0.5) is 5.69 Å². The Morgan fingerprint density at radius 3 is 3.00 bits per heavy atom. The lowest BCUT2D eigenvalue weighted by Gasteiger charge is -2.29. The average molecular weight is 279 g/mol. The standard InChI is InChI=1S/C14H18N4.ClH/c1-10-14(17-9-16-10)8-18-6-5-11-3-2-4-13(15)12(11)7-18;/h2-4,9H,5-8,15H2,1H3,(H,16,17);1H. The summed E-state index contributed by atoms with van der Waals surface area (Å²) in [6.45, 7) is 4.95. The number of hydrogen-bond donors (Lipinski definition) is 2. The van der Waals surface area contributed by atoms with E-state index in [-0.39, 0.29) is 12.4 Å². The number of fused-ring (bicyclic) bond motifs is 1.